The van der Waals surface area contributed by atoms with Crippen LogP contribution in [0.15, 0.2) is 22.1 Å². The second-order valence-electron chi connectivity index (χ2n) is 2.67. The SMILES string of the molecule is NC(=O)N1N=CCN2CC=NC=C21. The fourth-order valence-electron chi connectivity index (χ4n) is 1.24. The number of carbonyl (C=O) groups excluding carboxylic acids is 1. The molecule has 0 aliphatic carbocycles. The maximum atomic E-state index is 10.9. The predicted octanol–water partition coefficient (Wildman–Crippen LogP) is -0.448. The van der Waals surface area contributed by atoms with Crippen LogP contribution in [0.1, 0.15) is 0 Å². The Morgan fingerprint density at radius 3 is 3.00 bits per heavy atom. The maximum absolute atomic E-state index is 10.9. The number of carbonyl (C=O) groups is 1. The van der Waals surface area contributed by atoms with E-state index in [1.165, 1.54) is 0 Å². The van der Waals surface area contributed by atoms with E-state index in [1.54, 1.807) is 18.6 Å². The molecule has 2 aliphatic heterocycles. The Hall–Kier alpha value is -1.85. The topological polar surface area (TPSA) is 74.3 Å². The first-order valence-electron chi connectivity index (χ1n) is 3.88. The molecule has 2 heterocycles. The van der Waals surface area contributed by atoms with Crippen LogP contribution in [-0.2, 0) is 0 Å². The normalized spacial score (nSPS) is 19.8. The van der Waals surface area contributed by atoms with Crippen LogP contribution in [0.3, 0.4) is 0 Å². The number of primary amides is 1. The van der Waals surface area contributed by atoms with Gasteiger partial charge in [0.15, 0.2) is 5.82 Å². The molecule has 0 aromatic rings. The molecule has 2 rings (SSSR count). The molecule has 0 unspecified atom stereocenters. The highest BCUT2D eigenvalue weighted by Crippen LogP contribution is 2.15. The molecule has 2 amide bonds. The van der Waals surface area contributed by atoms with Crippen molar-refractivity contribution in [1.29, 1.82) is 0 Å². The van der Waals surface area contributed by atoms with Gasteiger partial charge in [-0.05, 0) is 0 Å². The minimum absolute atomic E-state index is 0.593. The summed E-state index contributed by atoms with van der Waals surface area (Å²) in [5.74, 6) is 0.637. The van der Waals surface area contributed by atoms with Crippen molar-refractivity contribution < 1.29 is 4.79 Å². The van der Waals surface area contributed by atoms with Gasteiger partial charge in [-0.3, -0.25) is 4.99 Å². The summed E-state index contributed by atoms with van der Waals surface area (Å²) < 4.78 is 0. The van der Waals surface area contributed by atoms with Crippen LogP contribution in [-0.4, -0.2) is 41.5 Å². The lowest BCUT2D eigenvalue weighted by atomic mass is 10.4. The number of nitrogens with two attached hydrogens (primary N) is 1. The average molecular weight is 179 g/mol. The molecule has 0 spiro atoms. The Bertz CT molecular complexity index is 319. The Kier molecular flexibility index (Phi) is 1.73. The first-order chi connectivity index (χ1) is 6.29. The van der Waals surface area contributed by atoms with Crippen LogP contribution >= 0.6 is 0 Å². The van der Waals surface area contributed by atoms with Gasteiger partial charge in [0.2, 0.25) is 0 Å². The lowest BCUT2D eigenvalue weighted by molar-refractivity contribution is 0.198. The molecule has 2 aliphatic rings. The van der Waals surface area contributed by atoms with E-state index in [4.69, 9.17) is 5.73 Å². The van der Waals surface area contributed by atoms with Crippen molar-refractivity contribution in [1.82, 2.24) is 9.91 Å². The molecular weight excluding hydrogens is 170 g/mol. The number of rotatable bonds is 0. The third-order valence-corrected chi connectivity index (χ3v) is 1.85. The summed E-state index contributed by atoms with van der Waals surface area (Å²) in [6.07, 6.45) is 4.98. The molecule has 13 heavy (non-hydrogen) atoms. The highest BCUT2D eigenvalue weighted by atomic mass is 16.2. The van der Waals surface area contributed by atoms with Crippen molar-refractivity contribution in [2.75, 3.05) is 13.1 Å². The van der Waals surface area contributed by atoms with E-state index in [0.717, 1.165) is 5.01 Å². The predicted molar refractivity (Wildman–Crippen MR) is 48.1 cm³/mol. The second kappa shape index (κ2) is 2.89. The van der Waals surface area contributed by atoms with Gasteiger partial charge < -0.3 is 10.6 Å². The highest BCUT2D eigenvalue weighted by Gasteiger charge is 2.24. The van der Waals surface area contributed by atoms with Crippen LogP contribution < -0.4 is 5.73 Å². The van der Waals surface area contributed by atoms with Crippen molar-refractivity contribution in [3.8, 4) is 0 Å². The Morgan fingerprint density at radius 2 is 2.23 bits per heavy atom. The van der Waals surface area contributed by atoms with E-state index in [-0.39, 0.29) is 0 Å². The van der Waals surface area contributed by atoms with Crippen LogP contribution in [0.4, 0.5) is 4.79 Å². The van der Waals surface area contributed by atoms with E-state index in [0.29, 0.717) is 18.9 Å². The molecule has 0 saturated heterocycles. The molecule has 68 valence electrons. The molecule has 2 N–H and O–H groups in total. The Labute approximate surface area is 75.0 Å². The molecule has 0 bridgehead atoms. The average Bonchev–Trinajstić information content (AvgIpc) is 2.17. The molecule has 6 heteroatoms. The number of hydrogen-bond acceptors (Lipinski definition) is 4. The van der Waals surface area contributed by atoms with Gasteiger partial charge in [-0.1, -0.05) is 0 Å². The second-order valence-corrected chi connectivity index (χ2v) is 2.67. The van der Waals surface area contributed by atoms with Crippen LogP contribution in [0, 0.1) is 0 Å². The molecule has 6 nitrogen and oxygen atoms in total. The summed E-state index contributed by atoms with van der Waals surface area (Å²) in [6.45, 7) is 1.36. The zero-order valence-electron chi connectivity index (χ0n) is 6.92. The van der Waals surface area contributed by atoms with E-state index in [1.807, 2.05) is 4.90 Å². The number of hydrogen-bond donors (Lipinski definition) is 1. The van der Waals surface area contributed by atoms with Crippen molar-refractivity contribution in [2.45, 2.75) is 0 Å². The van der Waals surface area contributed by atoms with E-state index in [2.05, 4.69) is 10.1 Å². The monoisotopic (exact) mass is 179 g/mol. The molecule has 0 radical (unpaired) electrons. The van der Waals surface area contributed by atoms with E-state index < -0.39 is 6.03 Å². The molecule has 0 aromatic carbocycles. The largest absolute Gasteiger partial charge is 0.350 e. The van der Waals surface area contributed by atoms with Crippen LogP contribution in [0.25, 0.3) is 0 Å². The Balaban J connectivity index is 2.32. The van der Waals surface area contributed by atoms with Gasteiger partial charge in [0, 0.05) is 12.4 Å². The van der Waals surface area contributed by atoms with Crippen LogP contribution in [0.5, 0.6) is 0 Å². The number of fused-ring (bicyclic) bond motifs is 1. The lowest BCUT2D eigenvalue weighted by Gasteiger charge is -2.33. The first-order valence-corrected chi connectivity index (χ1v) is 3.88. The number of aliphatic imine (C=N–C) groups is 1. The summed E-state index contributed by atoms with van der Waals surface area (Å²) in [6, 6.07) is -0.593. The van der Waals surface area contributed by atoms with Gasteiger partial charge in [-0.15, -0.1) is 0 Å². The van der Waals surface area contributed by atoms with Gasteiger partial charge >= 0.3 is 6.03 Å². The summed E-state index contributed by atoms with van der Waals surface area (Å²) >= 11 is 0. The number of nitrogens with zero attached hydrogens (tertiary/aromatic N) is 4. The van der Waals surface area contributed by atoms with E-state index in [9.17, 15) is 4.79 Å². The molecule has 0 fully saturated rings. The third kappa shape index (κ3) is 1.26. The fraction of sp³-hybridized carbons (Fsp3) is 0.286. The fourth-order valence-corrected chi connectivity index (χ4v) is 1.24. The van der Waals surface area contributed by atoms with Crippen LogP contribution in [0.2, 0.25) is 0 Å². The lowest BCUT2D eigenvalue weighted by Crippen LogP contribution is -2.44. The quantitative estimate of drug-likeness (QED) is 0.547. The minimum atomic E-state index is -0.593. The zero-order valence-corrected chi connectivity index (χ0v) is 6.92. The van der Waals surface area contributed by atoms with Crippen molar-refractivity contribution >= 4 is 18.5 Å². The number of hydrazone groups is 1. The third-order valence-electron chi connectivity index (χ3n) is 1.85. The highest BCUT2D eigenvalue weighted by molar-refractivity contribution is 5.77. The van der Waals surface area contributed by atoms with Gasteiger partial charge in [-0.2, -0.15) is 10.1 Å². The standard InChI is InChI=1S/C7H9N5O/c8-7(13)12-6-5-9-1-3-11(6)4-2-10-12/h1-2,5H,3-4H2,(H2,8,13). The van der Waals surface area contributed by atoms with Gasteiger partial charge in [0.05, 0.1) is 19.3 Å². The van der Waals surface area contributed by atoms with E-state index >= 15 is 0 Å². The zero-order chi connectivity index (χ0) is 9.26. The summed E-state index contributed by atoms with van der Waals surface area (Å²) in [5.41, 5.74) is 5.13. The summed E-state index contributed by atoms with van der Waals surface area (Å²) in [5, 5.41) is 5.00. The molecule has 0 aromatic heterocycles. The van der Waals surface area contributed by atoms with Gasteiger partial charge in [0.1, 0.15) is 0 Å². The molecule has 0 saturated carbocycles. The summed E-state index contributed by atoms with van der Waals surface area (Å²) in [7, 11) is 0. The van der Waals surface area contributed by atoms with Gasteiger partial charge in [-0.25, -0.2) is 4.79 Å². The number of amides is 2. The smallest absolute Gasteiger partial charge is 0.341 e. The molecular formula is C7H9N5O. The van der Waals surface area contributed by atoms with Crippen molar-refractivity contribution in [3.63, 3.8) is 0 Å². The summed E-state index contributed by atoms with van der Waals surface area (Å²) in [4.78, 5) is 16.8. The Morgan fingerprint density at radius 1 is 1.46 bits per heavy atom. The van der Waals surface area contributed by atoms with Crippen molar-refractivity contribution in [2.24, 2.45) is 15.8 Å². The number of urea groups is 1. The minimum Gasteiger partial charge on any atom is -0.350 e. The molecule has 0 atom stereocenters. The van der Waals surface area contributed by atoms with Gasteiger partial charge in [0.25, 0.3) is 0 Å². The maximum Gasteiger partial charge on any atom is 0.341 e. The van der Waals surface area contributed by atoms with Crippen molar-refractivity contribution in [3.05, 3.63) is 12.0 Å². The first kappa shape index (κ1) is 7.78.